The predicted molar refractivity (Wildman–Crippen MR) is 113 cm³/mol. The molecule has 28 heavy (non-hydrogen) atoms. The molecule has 0 unspecified atom stereocenters. The Balaban J connectivity index is 1.96. The zero-order chi connectivity index (χ0) is 20.4. The van der Waals surface area contributed by atoms with E-state index in [0.29, 0.717) is 28.1 Å². The Morgan fingerprint density at radius 3 is 2.54 bits per heavy atom. The molecule has 3 N–H and O–H groups in total. The molecule has 0 atom stereocenters. The summed E-state index contributed by atoms with van der Waals surface area (Å²) in [5.74, 6) is 0.297. The van der Waals surface area contributed by atoms with E-state index in [1.165, 1.54) is 38.5 Å². The molecule has 0 radical (unpaired) electrons. The average molecular weight is 441 g/mol. The van der Waals surface area contributed by atoms with E-state index in [4.69, 9.17) is 45.5 Å². The van der Waals surface area contributed by atoms with Crippen molar-refractivity contribution < 1.29 is 13.9 Å². The fourth-order valence-electron chi connectivity index (χ4n) is 2.48. The van der Waals surface area contributed by atoms with Crippen LogP contribution in [0, 0.1) is 10.6 Å². The Morgan fingerprint density at radius 2 is 1.89 bits per heavy atom. The lowest BCUT2D eigenvalue weighted by molar-refractivity contribution is 0.355. The van der Waals surface area contributed by atoms with Crippen molar-refractivity contribution in [1.29, 1.82) is 0 Å². The van der Waals surface area contributed by atoms with Crippen molar-refractivity contribution in [3.05, 3.63) is 56.3 Å². The molecule has 1 aromatic heterocycles. The molecule has 7 nitrogen and oxygen atoms in total. The molecule has 0 saturated heterocycles. The van der Waals surface area contributed by atoms with Crippen LogP contribution in [0.4, 0.5) is 10.1 Å². The van der Waals surface area contributed by atoms with E-state index < -0.39 is 11.4 Å². The number of ether oxygens (including phenoxy) is 2. The number of hydrogen-bond acceptors (Lipinski definition) is 5. The van der Waals surface area contributed by atoms with Crippen molar-refractivity contribution >= 4 is 57.7 Å². The number of halogens is 2. The van der Waals surface area contributed by atoms with Gasteiger partial charge in [0.25, 0.3) is 5.56 Å². The van der Waals surface area contributed by atoms with Crippen molar-refractivity contribution in [2.24, 2.45) is 0 Å². The van der Waals surface area contributed by atoms with Crippen molar-refractivity contribution in [2.45, 2.75) is 0 Å². The van der Waals surface area contributed by atoms with Gasteiger partial charge in [-0.15, -0.1) is 0 Å². The van der Waals surface area contributed by atoms with Crippen LogP contribution < -0.4 is 25.8 Å². The second-order valence-electron chi connectivity index (χ2n) is 5.52. The molecule has 3 aromatic rings. The van der Waals surface area contributed by atoms with Gasteiger partial charge in [0.1, 0.15) is 5.82 Å². The summed E-state index contributed by atoms with van der Waals surface area (Å²) in [6.45, 7) is 0. The van der Waals surface area contributed by atoms with Gasteiger partial charge in [-0.3, -0.25) is 10.2 Å². The molecule has 0 aliphatic carbocycles. The van der Waals surface area contributed by atoms with Crippen LogP contribution in [0.1, 0.15) is 0 Å². The zero-order valence-electron chi connectivity index (χ0n) is 14.6. The van der Waals surface area contributed by atoms with Crippen molar-refractivity contribution in [3.63, 3.8) is 0 Å². The van der Waals surface area contributed by atoms with E-state index in [-0.39, 0.29) is 14.9 Å². The van der Waals surface area contributed by atoms with Crippen LogP contribution in [0.5, 0.6) is 11.5 Å². The zero-order valence-corrected chi connectivity index (χ0v) is 17.0. The molecular weight excluding hydrogens is 427 g/mol. The Kier molecular flexibility index (Phi) is 5.82. The Hall–Kier alpha value is -2.69. The first-order valence-corrected chi connectivity index (χ1v) is 8.97. The lowest BCUT2D eigenvalue weighted by Crippen LogP contribution is -2.36. The standard InChI is InChI=1S/C17H14ClFN4O3S2/c1-25-13-6-9-12(7-14(13)26-2)21-17(28)23(15(9)24)22-16(27)20-8-3-4-11(19)10(18)5-8/h3-7H,1-2H3,(H,21,28)(H2,20,22,27). The molecular formula is C17H14ClFN4O3S2. The van der Waals surface area contributed by atoms with Gasteiger partial charge in [0, 0.05) is 11.8 Å². The maximum Gasteiger partial charge on any atom is 0.281 e. The number of nitrogens with one attached hydrogen (secondary N) is 3. The normalized spacial score (nSPS) is 10.6. The number of H-pyrrole nitrogens is 1. The summed E-state index contributed by atoms with van der Waals surface area (Å²) >= 11 is 16.2. The van der Waals surface area contributed by atoms with Crippen molar-refractivity contribution in [3.8, 4) is 11.5 Å². The van der Waals surface area contributed by atoms with Crippen LogP contribution in [0.2, 0.25) is 5.02 Å². The van der Waals surface area contributed by atoms with Gasteiger partial charge in [0.15, 0.2) is 21.4 Å². The first kappa shape index (κ1) is 20.1. The van der Waals surface area contributed by atoms with Gasteiger partial charge in [-0.1, -0.05) is 11.6 Å². The number of aromatic nitrogens is 2. The second-order valence-corrected chi connectivity index (χ2v) is 6.72. The molecule has 0 aliphatic heterocycles. The highest BCUT2D eigenvalue weighted by Gasteiger charge is 2.12. The van der Waals surface area contributed by atoms with E-state index in [1.807, 2.05) is 0 Å². The van der Waals surface area contributed by atoms with Crippen molar-refractivity contribution in [2.75, 3.05) is 25.0 Å². The Bertz CT molecular complexity index is 1200. The quantitative estimate of drug-likeness (QED) is 0.532. The van der Waals surface area contributed by atoms with Gasteiger partial charge in [-0.05, 0) is 48.7 Å². The molecule has 0 bridgehead atoms. The third kappa shape index (κ3) is 3.93. The maximum atomic E-state index is 13.3. The molecule has 11 heteroatoms. The highest BCUT2D eigenvalue weighted by molar-refractivity contribution is 7.80. The fourth-order valence-corrected chi connectivity index (χ4v) is 3.11. The fraction of sp³-hybridized carbons (Fsp3) is 0.118. The third-order valence-corrected chi connectivity index (χ3v) is 4.56. The highest BCUT2D eigenvalue weighted by atomic mass is 35.5. The summed E-state index contributed by atoms with van der Waals surface area (Å²) in [6, 6.07) is 7.17. The maximum absolute atomic E-state index is 13.3. The van der Waals surface area contributed by atoms with Crippen molar-refractivity contribution in [1.82, 2.24) is 9.66 Å². The molecule has 1 heterocycles. The minimum Gasteiger partial charge on any atom is -0.493 e. The molecule has 0 spiro atoms. The SMILES string of the molecule is COc1cc2[nH]c(=S)n(NC(=S)Nc3ccc(F)c(Cl)c3)c(=O)c2cc1OC. The number of rotatable bonds is 4. The molecule has 0 fully saturated rings. The second kappa shape index (κ2) is 8.13. The summed E-state index contributed by atoms with van der Waals surface area (Å²) in [5.41, 5.74) is 3.18. The van der Waals surface area contributed by atoms with Crippen LogP contribution in [0.15, 0.2) is 35.1 Å². The monoisotopic (exact) mass is 440 g/mol. The number of fused-ring (bicyclic) bond motifs is 1. The molecule has 0 aliphatic rings. The summed E-state index contributed by atoms with van der Waals surface area (Å²) in [7, 11) is 2.96. The number of nitrogens with zero attached hydrogens (tertiary/aromatic N) is 1. The molecule has 0 saturated carbocycles. The number of methoxy groups -OCH3 is 2. The summed E-state index contributed by atoms with van der Waals surface area (Å²) in [6.07, 6.45) is 0. The summed E-state index contributed by atoms with van der Waals surface area (Å²) in [5, 5.41) is 3.12. The van der Waals surface area contributed by atoms with E-state index in [0.717, 1.165) is 4.68 Å². The van der Waals surface area contributed by atoms with Gasteiger partial charge < -0.3 is 19.8 Å². The Labute approximate surface area is 174 Å². The average Bonchev–Trinajstić information content (AvgIpc) is 2.67. The van der Waals surface area contributed by atoms with Crippen LogP contribution in [0.25, 0.3) is 10.9 Å². The topological polar surface area (TPSA) is 80.3 Å². The number of benzene rings is 2. The van der Waals surface area contributed by atoms with Gasteiger partial charge in [0.05, 0.1) is 30.1 Å². The van der Waals surface area contributed by atoms with Gasteiger partial charge in [-0.25, -0.2) is 4.39 Å². The van der Waals surface area contributed by atoms with Gasteiger partial charge in [-0.2, -0.15) is 4.68 Å². The summed E-state index contributed by atoms with van der Waals surface area (Å²) in [4.78, 5) is 15.8. The smallest absolute Gasteiger partial charge is 0.281 e. The van der Waals surface area contributed by atoms with E-state index >= 15 is 0 Å². The number of anilines is 1. The van der Waals surface area contributed by atoms with E-state index in [1.54, 1.807) is 6.07 Å². The Morgan fingerprint density at radius 1 is 1.21 bits per heavy atom. The van der Waals surface area contributed by atoms with Crippen LogP contribution >= 0.6 is 36.0 Å². The lowest BCUT2D eigenvalue weighted by Gasteiger charge is -2.14. The minimum absolute atomic E-state index is 0.0594. The van der Waals surface area contributed by atoms with Crippen LogP contribution in [0.3, 0.4) is 0 Å². The van der Waals surface area contributed by atoms with E-state index in [9.17, 15) is 9.18 Å². The third-order valence-electron chi connectivity index (χ3n) is 3.79. The van der Waals surface area contributed by atoms with E-state index in [2.05, 4.69) is 15.7 Å². The number of thiocarbonyl (C=S) groups is 1. The first-order valence-electron chi connectivity index (χ1n) is 7.78. The minimum atomic E-state index is -0.552. The molecule has 146 valence electrons. The summed E-state index contributed by atoms with van der Waals surface area (Å²) < 4.78 is 24.9. The first-order chi connectivity index (χ1) is 13.3. The predicted octanol–water partition coefficient (Wildman–Crippen LogP) is 3.81. The largest absolute Gasteiger partial charge is 0.493 e. The number of hydrogen-bond donors (Lipinski definition) is 3. The van der Waals surface area contributed by atoms with Gasteiger partial charge >= 0.3 is 0 Å². The van der Waals surface area contributed by atoms with Gasteiger partial charge in [0.2, 0.25) is 0 Å². The molecule has 3 rings (SSSR count). The lowest BCUT2D eigenvalue weighted by atomic mass is 10.2. The number of aromatic amines is 1. The molecule has 0 amide bonds. The molecule has 2 aromatic carbocycles. The van der Waals surface area contributed by atoms with Crippen LogP contribution in [-0.4, -0.2) is 29.0 Å². The van der Waals surface area contributed by atoms with Crippen LogP contribution in [-0.2, 0) is 0 Å². The highest BCUT2D eigenvalue weighted by Crippen LogP contribution is 2.29.